The van der Waals surface area contributed by atoms with Crippen LogP contribution in [0.5, 0.6) is 0 Å². The maximum atomic E-state index is 14.3. The number of imidazole rings is 4. The first-order valence-corrected chi connectivity index (χ1v) is 40.2. The zero-order valence-corrected chi connectivity index (χ0v) is 73.3. The average Bonchev–Trinajstić information content (AvgIpc) is 1.46. The van der Waals surface area contributed by atoms with Crippen LogP contribution in [0.15, 0.2) is 237 Å². The van der Waals surface area contributed by atoms with Crippen LogP contribution in [0.25, 0.3) is 130 Å². The van der Waals surface area contributed by atoms with E-state index in [1.54, 1.807) is 46.9 Å². The van der Waals surface area contributed by atoms with Crippen molar-refractivity contribution < 1.29 is 85.0 Å². The molecule has 0 spiro atoms. The van der Waals surface area contributed by atoms with Crippen molar-refractivity contribution in [3.8, 4) is 57.2 Å². The summed E-state index contributed by atoms with van der Waals surface area (Å²) in [6, 6.07) is 87.6. The van der Waals surface area contributed by atoms with Crippen LogP contribution < -0.4 is 0 Å². The number of pyridine rings is 2. The van der Waals surface area contributed by atoms with Crippen LogP contribution in [0.4, 0.5) is 22.0 Å². The van der Waals surface area contributed by atoms with Crippen molar-refractivity contribution in [1.29, 1.82) is 10.5 Å². The van der Waals surface area contributed by atoms with E-state index >= 15 is 0 Å². The van der Waals surface area contributed by atoms with E-state index in [1.807, 2.05) is 86.3 Å². The number of ether oxygens (including phenoxy) is 1. The van der Waals surface area contributed by atoms with Gasteiger partial charge < -0.3 is 14.2 Å². The summed E-state index contributed by atoms with van der Waals surface area (Å²) in [4.78, 5) is 21.8. The summed E-state index contributed by atoms with van der Waals surface area (Å²) in [5.41, 5.74) is 13.7. The van der Waals surface area contributed by atoms with Crippen molar-refractivity contribution in [2.75, 3.05) is 19.8 Å². The number of aliphatic hydroxyl groups is 1. The molecular weight excluding hydrogens is 1910 g/mol. The molecule has 0 aliphatic carbocycles. The number of nitriles is 2. The Labute approximate surface area is 714 Å². The molecule has 2 N–H and O–H groups in total. The van der Waals surface area contributed by atoms with Crippen molar-refractivity contribution in [3.05, 3.63) is 289 Å². The molecule has 10 heterocycles. The van der Waals surface area contributed by atoms with Crippen molar-refractivity contribution >= 4 is 118 Å². The molecule has 0 bridgehead atoms. The molecule has 2 radical (unpaired) electrons. The Kier molecular flexibility index (Phi) is 26.7. The summed E-state index contributed by atoms with van der Waals surface area (Å²) in [6.07, 6.45) is 3.79. The number of hydrogen-bond acceptors (Lipinski definition) is 12. The minimum absolute atomic E-state index is 0. The summed E-state index contributed by atoms with van der Waals surface area (Å²) in [5.74, 6) is -0.490. The molecule has 8 aromatic heterocycles. The van der Waals surface area contributed by atoms with Crippen LogP contribution in [0.1, 0.15) is 98.7 Å². The molecule has 18 aromatic rings. The molecule has 20 rings (SSSR count). The standard InChI is InChI=1S/C27H23FN2.C27H22FN2.2C15H9N2S.C4H10O2.2C2H3N.CHF3O3S.2Ir/c2*1-26(2)21-12-8-11-18-20-15-17(28)13-14-19(20)25-29-22(16-9-6-5-7-10-16)24(27(26,3)4)30(25)23(18)21;2*1-2-6-11(7-3-1)14-15-17(10-16-14)12-8-4-5-9-13(12)18-15;1-2-6-4-3-5;2*1-2-3;2-1(3,4)8(5,6)7;;/h5-15H,1-4H3;5-13,15H,1-4H3;2*1-6,8-10H;5H,2-4H2,1H3;2*1H3;(H,5,6,7);;/q;3*-1;;;;;;. The van der Waals surface area contributed by atoms with Gasteiger partial charge in [-0.1, -0.05) is 187 Å². The Bertz CT molecular complexity index is 6480. The van der Waals surface area contributed by atoms with Crippen LogP contribution in [-0.2, 0) is 76.7 Å². The van der Waals surface area contributed by atoms with E-state index in [1.165, 1.54) is 78.6 Å². The summed E-state index contributed by atoms with van der Waals surface area (Å²) < 4.78 is 102. The van der Waals surface area contributed by atoms with Gasteiger partial charge in [0, 0.05) is 133 Å². The average molecular weight is 1990 g/mol. The fourth-order valence-electron chi connectivity index (χ4n) is 15.0. The minimum atomic E-state index is -5.84. The first-order valence-electron chi connectivity index (χ1n) is 37.2. The topological polar surface area (TPSA) is 201 Å². The Morgan fingerprint density at radius 1 is 0.508 bits per heavy atom. The van der Waals surface area contributed by atoms with Gasteiger partial charge in [0.05, 0.1) is 96.3 Å². The van der Waals surface area contributed by atoms with E-state index in [2.05, 4.69) is 235 Å². The molecule has 10 aromatic carbocycles. The predicted octanol–water partition coefficient (Wildman–Crippen LogP) is 23.3. The van der Waals surface area contributed by atoms with Crippen LogP contribution >= 0.6 is 22.7 Å². The van der Waals surface area contributed by atoms with Gasteiger partial charge in [-0.05, 0) is 71.3 Å². The molecule has 0 fully saturated rings. The molecule has 2 aliphatic heterocycles. The van der Waals surface area contributed by atoms with Gasteiger partial charge in [-0.15, -0.1) is 113 Å². The number of benzene rings is 10. The Hall–Kier alpha value is -10.8. The number of alkyl halides is 3. The SMILES string of the molecule is CC#N.CC#N.CC1(C)c2cccc3c4cc(F)c[c-]c4c4nc(-c5ccccc5)c(n4c23)C1(C)C.CC1(C)c2cccc3c4cc(F)ccc4c4nc(-c5ccccc5)c(n4c23)C1(C)C.CCOCCO.O=S(=O)(O)C(F)(F)F.[Ir].[Ir].[c-]1ccccc1-c1ncn2c1sc1ccccc12.[c-]1ccccc1-c1ncn2c1sc1ccccc12. The minimum Gasteiger partial charge on any atom is -0.394 e. The van der Waals surface area contributed by atoms with E-state index in [0.29, 0.717) is 13.2 Å². The second-order valence-corrected chi connectivity index (χ2v) is 32.9. The molecule has 2 aliphatic rings. The van der Waals surface area contributed by atoms with Gasteiger partial charge in [0.1, 0.15) is 11.5 Å². The van der Waals surface area contributed by atoms with Gasteiger partial charge in [-0.3, -0.25) is 37.1 Å². The van der Waals surface area contributed by atoms with E-state index in [-0.39, 0.29) is 80.1 Å². The number of hydrogen-bond donors (Lipinski definition) is 2. The molecular formula is C93H80F5Ir2N10O5S3-3. The molecule has 0 saturated heterocycles. The second-order valence-electron chi connectivity index (χ2n) is 29.4. The van der Waals surface area contributed by atoms with E-state index in [0.717, 1.165) is 99.7 Å². The maximum Gasteiger partial charge on any atom is 0.522 e. The molecule has 0 saturated carbocycles. The summed E-state index contributed by atoms with van der Waals surface area (Å²) in [6.45, 7) is 24.6. The van der Waals surface area contributed by atoms with Crippen molar-refractivity contribution in [3.63, 3.8) is 0 Å². The third kappa shape index (κ3) is 16.3. The zero-order chi connectivity index (χ0) is 82.8. The number of aliphatic hydroxyl groups excluding tert-OH is 1. The predicted molar refractivity (Wildman–Crippen MR) is 456 cm³/mol. The monoisotopic (exact) mass is 1990 g/mol. The van der Waals surface area contributed by atoms with Gasteiger partial charge in [0.15, 0.2) is 0 Å². The zero-order valence-electron chi connectivity index (χ0n) is 66.0. The van der Waals surface area contributed by atoms with Gasteiger partial charge in [-0.2, -0.15) is 32.1 Å². The molecule has 15 nitrogen and oxygen atoms in total. The number of aromatic nitrogens is 8. The summed E-state index contributed by atoms with van der Waals surface area (Å²) in [5, 5.41) is 28.5. The quantitative estimate of drug-likeness (QED) is 0.0384. The first kappa shape index (κ1) is 88.1. The fourth-order valence-corrected chi connectivity index (χ4v) is 17.3. The molecule has 0 atom stereocenters. The molecule has 606 valence electrons. The number of halogens is 5. The van der Waals surface area contributed by atoms with Crippen LogP contribution in [0.3, 0.4) is 0 Å². The Morgan fingerprint density at radius 3 is 1.35 bits per heavy atom. The normalized spacial score (nSPS) is 13.5. The van der Waals surface area contributed by atoms with Gasteiger partial charge >= 0.3 is 15.6 Å². The first-order chi connectivity index (χ1) is 55.5. The number of thiazole rings is 2. The largest absolute Gasteiger partial charge is 0.522 e. The van der Waals surface area contributed by atoms with Crippen LogP contribution in [0, 0.1) is 52.5 Å². The number of fused-ring (bicyclic) bond motifs is 12. The molecule has 118 heavy (non-hydrogen) atoms. The number of nitrogens with zero attached hydrogens (tertiary/aromatic N) is 10. The second kappa shape index (κ2) is 35.8. The van der Waals surface area contributed by atoms with E-state index < -0.39 is 15.6 Å². The summed E-state index contributed by atoms with van der Waals surface area (Å²) in [7, 11) is -5.84. The number of rotatable bonds is 7. The molecule has 0 unspecified atom stereocenters. The van der Waals surface area contributed by atoms with Gasteiger partial charge in [-0.25, -0.2) is 9.37 Å². The van der Waals surface area contributed by atoms with Gasteiger partial charge in [0.2, 0.25) is 0 Å². The van der Waals surface area contributed by atoms with Crippen LogP contribution in [-0.4, -0.2) is 80.9 Å². The molecule has 0 amide bonds. The third-order valence-corrected chi connectivity index (χ3v) is 24.6. The number of para-hydroxylation sites is 4. The Morgan fingerprint density at radius 2 is 0.924 bits per heavy atom. The van der Waals surface area contributed by atoms with Crippen molar-refractivity contribution in [2.45, 2.75) is 103 Å². The molecule has 25 heteroatoms. The maximum absolute atomic E-state index is 14.3. The van der Waals surface area contributed by atoms with Gasteiger partial charge in [0.25, 0.3) is 0 Å². The Balaban J connectivity index is 0.000000145. The van der Waals surface area contributed by atoms with E-state index in [9.17, 15) is 22.0 Å². The van der Waals surface area contributed by atoms with E-state index in [4.69, 9.17) is 43.3 Å². The fraction of sp³-hybridized carbons (Fsp3) is 0.204. The van der Waals surface area contributed by atoms with Crippen LogP contribution in [0.2, 0.25) is 0 Å². The summed E-state index contributed by atoms with van der Waals surface area (Å²) >= 11 is 3.54. The smallest absolute Gasteiger partial charge is 0.394 e. The third-order valence-electron chi connectivity index (χ3n) is 21.7. The van der Waals surface area contributed by atoms with Crippen molar-refractivity contribution in [1.82, 2.24) is 37.5 Å². The van der Waals surface area contributed by atoms with Crippen molar-refractivity contribution in [2.24, 2.45) is 0 Å².